The first-order chi connectivity index (χ1) is 7.40. The Morgan fingerprint density at radius 3 is 2.60 bits per heavy atom. The Labute approximate surface area is 94.5 Å². The molecular formula is C10H16N4S. The van der Waals surface area contributed by atoms with E-state index in [2.05, 4.69) is 20.2 Å². The number of nitrogens with zero attached hydrogens (tertiary/aromatic N) is 3. The first-order valence-electron chi connectivity index (χ1n) is 5.18. The van der Waals surface area contributed by atoms with Gasteiger partial charge in [-0.05, 0) is 7.05 Å². The maximum Gasteiger partial charge on any atom is 0.225 e. The molecule has 1 aliphatic heterocycles. The van der Waals surface area contributed by atoms with E-state index in [1.165, 1.54) is 11.5 Å². The van der Waals surface area contributed by atoms with Crippen LogP contribution in [0.4, 0.5) is 5.95 Å². The SMILES string of the molecule is CNCc1cnc(N2CCSCC2)nc1. The predicted octanol–water partition coefficient (Wildman–Crippen LogP) is 0.749. The lowest BCUT2D eigenvalue weighted by atomic mass is 10.3. The van der Waals surface area contributed by atoms with Crippen LogP contribution in [-0.2, 0) is 6.54 Å². The second-order valence-electron chi connectivity index (χ2n) is 3.52. The molecule has 2 rings (SSSR count). The average Bonchev–Trinajstić information content (AvgIpc) is 2.32. The highest BCUT2D eigenvalue weighted by molar-refractivity contribution is 7.99. The van der Waals surface area contributed by atoms with Gasteiger partial charge in [-0.25, -0.2) is 9.97 Å². The standard InChI is InChI=1S/C10H16N4S/c1-11-6-9-7-12-10(13-8-9)14-2-4-15-5-3-14/h7-8,11H,2-6H2,1H3. The minimum Gasteiger partial charge on any atom is -0.339 e. The number of hydrogen-bond donors (Lipinski definition) is 1. The van der Waals surface area contributed by atoms with Gasteiger partial charge >= 0.3 is 0 Å². The molecule has 0 unspecified atom stereocenters. The highest BCUT2D eigenvalue weighted by atomic mass is 32.2. The van der Waals surface area contributed by atoms with Crippen LogP contribution in [0.25, 0.3) is 0 Å². The van der Waals surface area contributed by atoms with Gasteiger partial charge in [0.2, 0.25) is 5.95 Å². The first kappa shape index (κ1) is 10.7. The predicted molar refractivity (Wildman–Crippen MR) is 64.3 cm³/mol. The third-order valence-electron chi connectivity index (χ3n) is 2.37. The minimum atomic E-state index is 0.829. The summed E-state index contributed by atoms with van der Waals surface area (Å²) in [5, 5.41) is 3.09. The van der Waals surface area contributed by atoms with Gasteiger partial charge in [0, 0.05) is 49.1 Å². The van der Waals surface area contributed by atoms with Crippen LogP contribution in [0.15, 0.2) is 12.4 Å². The Kier molecular flexibility index (Phi) is 3.80. The number of thioether (sulfide) groups is 1. The lowest BCUT2D eigenvalue weighted by Crippen LogP contribution is -2.33. The number of anilines is 1. The van der Waals surface area contributed by atoms with Gasteiger partial charge in [0.15, 0.2) is 0 Å². The maximum absolute atomic E-state index is 4.39. The van der Waals surface area contributed by atoms with Crippen molar-refractivity contribution >= 4 is 17.7 Å². The topological polar surface area (TPSA) is 41.1 Å². The van der Waals surface area contributed by atoms with Gasteiger partial charge in [0.25, 0.3) is 0 Å². The van der Waals surface area contributed by atoms with Crippen LogP contribution in [0.1, 0.15) is 5.56 Å². The molecule has 82 valence electrons. The summed E-state index contributed by atoms with van der Waals surface area (Å²) in [4.78, 5) is 11.0. The Morgan fingerprint density at radius 1 is 1.33 bits per heavy atom. The largest absolute Gasteiger partial charge is 0.339 e. The quantitative estimate of drug-likeness (QED) is 0.820. The summed E-state index contributed by atoms with van der Waals surface area (Å²) in [5.41, 5.74) is 1.13. The van der Waals surface area contributed by atoms with Crippen LogP contribution in [0.2, 0.25) is 0 Å². The number of aromatic nitrogens is 2. The van der Waals surface area contributed by atoms with Crippen molar-refractivity contribution < 1.29 is 0 Å². The Bertz CT molecular complexity index is 295. The van der Waals surface area contributed by atoms with E-state index in [0.717, 1.165) is 31.1 Å². The van der Waals surface area contributed by atoms with E-state index in [1.54, 1.807) is 0 Å². The minimum absolute atomic E-state index is 0.829. The van der Waals surface area contributed by atoms with E-state index in [1.807, 2.05) is 31.2 Å². The molecule has 0 radical (unpaired) electrons. The van der Waals surface area contributed by atoms with Crippen LogP contribution in [0.3, 0.4) is 0 Å². The lowest BCUT2D eigenvalue weighted by Gasteiger charge is -2.26. The molecule has 0 aliphatic carbocycles. The van der Waals surface area contributed by atoms with E-state index in [4.69, 9.17) is 0 Å². The van der Waals surface area contributed by atoms with Crippen molar-refractivity contribution in [2.45, 2.75) is 6.54 Å². The zero-order valence-corrected chi connectivity index (χ0v) is 9.76. The van der Waals surface area contributed by atoms with E-state index >= 15 is 0 Å². The fourth-order valence-corrected chi connectivity index (χ4v) is 2.47. The Hall–Kier alpha value is -0.810. The molecule has 4 nitrogen and oxygen atoms in total. The molecule has 1 aromatic rings. The maximum atomic E-state index is 4.39. The fraction of sp³-hybridized carbons (Fsp3) is 0.600. The summed E-state index contributed by atoms with van der Waals surface area (Å²) >= 11 is 2.00. The van der Waals surface area contributed by atoms with Crippen molar-refractivity contribution in [3.05, 3.63) is 18.0 Å². The molecule has 0 aromatic carbocycles. The van der Waals surface area contributed by atoms with E-state index < -0.39 is 0 Å². The van der Waals surface area contributed by atoms with Crippen molar-refractivity contribution in [2.75, 3.05) is 36.5 Å². The number of nitrogens with one attached hydrogen (secondary N) is 1. The summed E-state index contributed by atoms with van der Waals surface area (Å²) in [5.74, 6) is 3.23. The van der Waals surface area contributed by atoms with Gasteiger partial charge < -0.3 is 10.2 Å². The number of hydrogen-bond acceptors (Lipinski definition) is 5. The molecule has 0 bridgehead atoms. The first-order valence-corrected chi connectivity index (χ1v) is 6.34. The molecule has 5 heteroatoms. The summed E-state index contributed by atoms with van der Waals surface area (Å²) in [6.07, 6.45) is 3.81. The molecule has 1 fully saturated rings. The van der Waals surface area contributed by atoms with Gasteiger partial charge in [-0.3, -0.25) is 0 Å². The molecule has 0 saturated carbocycles. The Morgan fingerprint density at radius 2 is 2.00 bits per heavy atom. The van der Waals surface area contributed by atoms with Gasteiger partial charge in [0.05, 0.1) is 0 Å². The average molecular weight is 224 g/mol. The molecule has 1 aromatic heterocycles. The van der Waals surface area contributed by atoms with E-state index in [-0.39, 0.29) is 0 Å². The smallest absolute Gasteiger partial charge is 0.225 e. The van der Waals surface area contributed by atoms with Crippen molar-refractivity contribution in [1.82, 2.24) is 15.3 Å². The summed E-state index contributed by atoms with van der Waals surface area (Å²) in [7, 11) is 1.93. The van der Waals surface area contributed by atoms with Crippen LogP contribution >= 0.6 is 11.8 Å². The van der Waals surface area contributed by atoms with Crippen LogP contribution in [-0.4, -0.2) is 41.6 Å². The molecule has 0 spiro atoms. The molecule has 1 aliphatic rings. The van der Waals surface area contributed by atoms with Gasteiger partial charge in [-0.2, -0.15) is 11.8 Å². The summed E-state index contributed by atoms with van der Waals surface area (Å²) in [6.45, 7) is 2.96. The molecule has 0 atom stereocenters. The zero-order chi connectivity index (χ0) is 10.5. The highest BCUT2D eigenvalue weighted by Crippen LogP contribution is 2.14. The number of rotatable bonds is 3. The van der Waals surface area contributed by atoms with Crippen molar-refractivity contribution in [2.24, 2.45) is 0 Å². The molecular weight excluding hydrogens is 208 g/mol. The molecule has 1 saturated heterocycles. The zero-order valence-electron chi connectivity index (χ0n) is 8.94. The summed E-state index contributed by atoms with van der Waals surface area (Å²) in [6, 6.07) is 0. The van der Waals surface area contributed by atoms with Crippen molar-refractivity contribution in [3.8, 4) is 0 Å². The molecule has 15 heavy (non-hydrogen) atoms. The fourth-order valence-electron chi connectivity index (χ4n) is 1.57. The van der Waals surface area contributed by atoms with Crippen molar-refractivity contribution in [3.63, 3.8) is 0 Å². The molecule has 0 amide bonds. The van der Waals surface area contributed by atoms with Crippen LogP contribution < -0.4 is 10.2 Å². The highest BCUT2D eigenvalue weighted by Gasteiger charge is 2.12. The third kappa shape index (κ3) is 2.82. The Balaban J connectivity index is 2.02. The second-order valence-corrected chi connectivity index (χ2v) is 4.75. The lowest BCUT2D eigenvalue weighted by molar-refractivity contribution is 0.785. The van der Waals surface area contributed by atoms with Crippen LogP contribution in [0, 0.1) is 0 Å². The molecule has 2 heterocycles. The van der Waals surface area contributed by atoms with Crippen LogP contribution in [0.5, 0.6) is 0 Å². The van der Waals surface area contributed by atoms with Gasteiger partial charge in [-0.15, -0.1) is 0 Å². The monoisotopic (exact) mass is 224 g/mol. The molecule has 1 N–H and O–H groups in total. The third-order valence-corrected chi connectivity index (χ3v) is 3.31. The normalized spacial score (nSPS) is 16.7. The second kappa shape index (κ2) is 5.32. The summed E-state index contributed by atoms with van der Waals surface area (Å²) < 4.78 is 0. The van der Waals surface area contributed by atoms with E-state index in [0.29, 0.717) is 0 Å². The van der Waals surface area contributed by atoms with Gasteiger partial charge in [0.1, 0.15) is 0 Å². The van der Waals surface area contributed by atoms with Gasteiger partial charge in [-0.1, -0.05) is 0 Å². The van der Waals surface area contributed by atoms with E-state index in [9.17, 15) is 0 Å². The van der Waals surface area contributed by atoms with Crippen molar-refractivity contribution in [1.29, 1.82) is 0 Å².